The van der Waals surface area contributed by atoms with Crippen molar-refractivity contribution in [3.63, 3.8) is 0 Å². The second kappa shape index (κ2) is 8.85. The lowest BCUT2D eigenvalue weighted by Gasteiger charge is -2.32. The quantitative estimate of drug-likeness (QED) is 0.681. The van der Waals surface area contributed by atoms with E-state index in [2.05, 4.69) is 24.2 Å². The Morgan fingerprint density at radius 2 is 1.84 bits per heavy atom. The molecular weight excluding hydrogens is 432 g/mol. The van der Waals surface area contributed by atoms with E-state index in [4.69, 9.17) is 16.6 Å². The number of hydrogen-bond acceptors (Lipinski definition) is 5. The van der Waals surface area contributed by atoms with Crippen LogP contribution in [0.4, 0.5) is 11.4 Å². The van der Waals surface area contributed by atoms with Crippen LogP contribution in [-0.4, -0.2) is 39.0 Å². The summed E-state index contributed by atoms with van der Waals surface area (Å²) in [5, 5.41) is 3.69. The number of halogens is 1. The van der Waals surface area contributed by atoms with Crippen LogP contribution < -0.4 is 5.32 Å². The summed E-state index contributed by atoms with van der Waals surface area (Å²) >= 11 is 7.25. The fourth-order valence-corrected chi connectivity index (χ4v) is 4.63. The van der Waals surface area contributed by atoms with Crippen LogP contribution in [0.5, 0.6) is 0 Å². The van der Waals surface area contributed by atoms with E-state index in [0.717, 1.165) is 11.3 Å². The van der Waals surface area contributed by atoms with E-state index in [0.29, 0.717) is 34.1 Å². The van der Waals surface area contributed by atoms with Crippen LogP contribution in [0.25, 0.3) is 0 Å². The molecule has 2 heterocycles. The molecule has 0 aliphatic carbocycles. The van der Waals surface area contributed by atoms with Crippen molar-refractivity contribution >= 4 is 57.6 Å². The molecule has 1 N–H and O–H groups in total. The zero-order valence-corrected chi connectivity index (χ0v) is 19.1. The third-order valence-corrected chi connectivity index (χ3v) is 6.38. The highest BCUT2D eigenvalue weighted by Gasteiger charge is 2.42. The maximum Gasteiger partial charge on any atom is 0.270 e. The van der Waals surface area contributed by atoms with Gasteiger partial charge in [-0.2, -0.15) is 4.99 Å². The lowest BCUT2D eigenvalue weighted by atomic mass is 10.0. The van der Waals surface area contributed by atoms with Crippen molar-refractivity contribution in [2.75, 3.05) is 5.32 Å². The Bertz CT molecular complexity index is 1080. The van der Waals surface area contributed by atoms with Gasteiger partial charge >= 0.3 is 0 Å². The molecule has 0 saturated carbocycles. The van der Waals surface area contributed by atoms with Crippen molar-refractivity contribution in [3.05, 3.63) is 59.1 Å². The minimum absolute atomic E-state index is 0.154. The number of aliphatic imine (C=N–C) groups is 2. The number of thioether (sulfide) groups is 1. The molecule has 4 rings (SSSR count). The number of benzene rings is 2. The van der Waals surface area contributed by atoms with E-state index in [1.807, 2.05) is 36.1 Å². The summed E-state index contributed by atoms with van der Waals surface area (Å²) in [6.07, 6.45) is 0.666. The van der Waals surface area contributed by atoms with Crippen molar-refractivity contribution in [3.8, 4) is 0 Å². The second-order valence-corrected chi connectivity index (χ2v) is 9.70. The van der Waals surface area contributed by atoms with Gasteiger partial charge in [0.1, 0.15) is 11.9 Å². The van der Waals surface area contributed by atoms with Gasteiger partial charge in [0.2, 0.25) is 5.91 Å². The van der Waals surface area contributed by atoms with Gasteiger partial charge < -0.3 is 5.32 Å². The van der Waals surface area contributed by atoms with E-state index >= 15 is 0 Å². The topological polar surface area (TPSA) is 74.1 Å². The fraction of sp³-hybridized carbons (Fsp3) is 0.304. The Labute approximate surface area is 190 Å². The Kier molecular flexibility index (Phi) is 6.16. The van der Waals surface area contributed by atoms with Gasteiger partial charge in [-0.25, -0.2) is 4.99 Å². The number of amides is 2. The van der Waals surface area contributed by atoms with Crippen LogP contribution in [0, 0.1) is 5.92 Å². The highest BCUT2D eigenvalue weighted by molar-refractivity contribution is 8.14. The van der Waals surface area contributed by atoms with Gasteiger partial charge in [0.05, 0.1) is 10.9 Å². The van der Waals surface area contributed by atoms with Crippen LogP contribution in [0.15, 0.2) is 58.5 Å². The molecule has 31 heavy (non-hydrogen) atoms. The van der Waals surface area contributed by atoms with Gasteiger partial charge in [-0.3, -0.25) is 14.5 Å². The highest BCUT2D eigenvalue weighted by atomic mass is 35.5. The smallest absolute Gasteiger partial charge is 0.270 e. The van der Waals surface area contributed by atoms with Crippen LogP contribution in [0.1, 0.15) is 32.8 Å². The molecule has 0 radical (unpaired) electrons. The van der Waals surface area contributed by atoms with Crippen LogP contribution in [0.2, 0.25) is 5.02 Å². The standard InChI is InChI=1S/C23H23ClN4O2S/c1-13(2)12-19-22(30)27-20-17-6-4-5-7-18(17)26-23(28(19)20)31-14(3)21(29)25-16-10-8-15(24)9-11-16/h4-11,13-14,19H,12H2,1-3H3,(H,25,29). The average Bonchev–Trinajstić information content (AvgIpc) is 3.05. The van der Waals surface area contributed by atoms with Crippen molar-refractivity contribution in [2.24, 2.45) is 15.9 Å². The SMILES string of the molecule is CC(C)CC1C(=O)N=C2c3ccccc3N=C(SC(C)C(=O)Nc3ccc(Cl)cc3)N21. The fourth-order valence-electron chi connectivity index (χ4n) is 3.55. The van der Waals surface area contributed by atoms with Gasteiger partial charge in [0.25, 0.3) is 5.91 Å². The summed E-state index contributed by atoms with van der Waals surface area (Å²) in [4.78, 5) is 36.6. The van der Waals surface area contributed by atoms with Crippen molar-refractivity contribution in [1.29, 1.82) is 0 Å². The first-order valence-electron chi connectivity index (χ1n) is 10.2. The number of fused-ring (bicyclic) bond motifs is 3. The summed E-state index contributed by atoms with van der Waals surface area (Å²) in [7, 11) is 0. The number of carbonyl (C=O) groups excluding carboxylic acids is 2. The van der Waals surface area contributed by atoms with Gasteiger partial charge in [-0.15, -0.1) is 0 Å². The predicted molar refractivity (Wildman–Crippen MR) is 127 cm³/mol. The van der Waals surface area contributed by atoms with Crippen molar-refractivity contribution in [2.45, 2.75) is 38.5 Å². The second-order valence-electron chi connectivity index (χ2n) is 7.96. The number of nitrogens with one attached hydrogen (secondary N) is 1. The molecule has 0 bridgehead atoms. The van der Waals surface area contributed by atoms with E-state index in [1.54, 1.807) is 24.3 Å². The van der Waals surface area contributed by atoms with E-state index in [9.17, 15) is 9.59 Å². The number of anilines is 1. The van der Waals surface area contributed by atoms with E-state index in [-0.39, 0.29) is 11.8 Å². The molecule has 2 unspecified atom stereocenters. The van der Waals surface area contributed by atoms with E-state index in [1.165, 1.54) is 11.8 Å². The first kappa shape index (κ1) is 21.6. The third-order valence-electron chi connectivity index (χ3n) is 5.07. The monoisotopic (exact) mass is 454 g/mol. The summed E-state index contributed by atoms with van der Waals surface area (Å²) in [5.74, 6) is 0.622. The molecule has 8 heteroatoms. The molecule has 0 saturated heterocycles. The summed E-state index contributed by atoms with van der Waals surface area (Å²) < 4.78 is 0. The summed E-state index contributed by atoms with van der Waals surface area (Å²) in [6.45, 7) is 5.98. The van der Waals surface area contributed by atoms with Gasteiger partial charge in [-0.1, -0.05) is 49.3 Å². The molecular formula is C23H23ClN4O2S. The lowest BCUT2D eigenvalue weighted by Crippen LogP contribution is -2.45. The summed E-state index contributed by atoms with van der Waals surface area (Å²) in [6, 6.07) is 14.2. The Balaban J connectivity index is 1.60. The largest absolute Gasteiger partial charge is 0.325 e. The van der Waals surface area contributed by atoms with E-state index < -0.39 is 11.3 Å². The molecule has 2 aromatic carbocycles. The number of rotatable bonds is 5. The zero-order valence-electron chi connectivity index (χ0n) is 17.5. The average molecular weight is 455 g/mol. The van der Waals surface area contributed by atoms with Gasteiger partial charge in [0, 0.05) is 16.3 Å². The number of amidine groups is 2. The number of hydrogen-bond donors (Lipinski definition) is 1. The number of nitrogens with zero attached hydrogens (tertiary/aromatic N) is 3. The molecule has 2 amide bonds. The Morgan fingerprint density at radius 1 is 1.13 bits per heavy atom. The zero-order chi connectivity index (χ0) is 22.1. The minimum atomic E-state index is -0.434. The number of carbonyl (C=O) groups is 2. The molecule has 2 aliphatic heterocycles. The Morgan fingerprint density at radius 3 is 2.55 bits per heavy atom. The summed E-state index contributed by atoms with van der Waals surface area (Å²) in [5.41, 5.74) is 2.27. The molecule has 0 aromatic heterocycles. The number of para-hydroxylation sites is 1. The minimum Gasteiger partial charge on any atom is -0.325 e. The molecule has 0 spiro atoms. The van der Waals surface area contributed by atoms with Gasteiger partial charge in [-0.05, 0) is 55.7 Å². The first-order chi connectivity index (χ1) is 14.8. The normalized spacial score (nSPS) is 18.3. The molecule has 6 nitrogen and oxygen atoms in total. The van der Waals surface area contributed by atoms with Crippen LogP contribution in [-0.2, 0) is 9.59 Å². The van der Waals surface area contributed by atoms with Crippen molar-refractivity contribution < 1.29 is 9.59 Å². The van der Waals surface area contributed by atoms with Crippen LogP contribution in [0.3, 0.4) is 0 Å². The molecule has 0 fully saturated rings. The van der Waals surface area contributed by atoms with Crippen molar-refractivity contribution in [1.82, 2.24) is 4.90 Å². The maximum absolute atomic E-state index is 12.8. The van der Waals surface area contributed by atoms with Gasteiger partial charge in [0.15, 0.2) is 5.17 Å². The first-order valence-corrected chi connectivity index (χ1v) is 11.4. The third kappa shape index (κ3) is 4.52. The Hall–Kier alpha value is -2.64. The molecule has 2 aliphatic rings. The molecule has 2 atom stereocenters. The predicted octanol–water partition coefficient (Wildman–Crippen LogP) is 5.11. The molecule has 160 valence electrons. The molecule has 2 aromatic rings. The highest BCUT2D eigenvalue weighted by Crippen LogP contribution is 2.36. The van der Waals surface area contributed by atoms with Crippen LogP contribution >= 0.6 is 23.4 Å². The maximum atomic E-state index is 12.8. The lowest BCUT2D eigenvalue weighted by molar-refractivity contribution is -0.120.